The minimum atomic E-state index is -0.830. The standard InChI is InChI=1S/C15H21N3O3/c1-3-15(4-2,14(16)18-20)17-13(19)11-9-21-12-8-6-5-7-10(11)12/h5-8,11,20H,3-4,9H2,1-2H3,(H2,16,18)(H,17,19). The molecule has 0 aliphatic carbocycles. The Morgan fingerprint density at radius 2 is 2.14 bits per heavy atom. The predicted molar refractivity (Wildman–Crippen MR) is 79.5 cm³/mol. The van der Waals surface area contributed by atoms with Crippen LogP contribution in [-0.4, -0.2) is 29.1 Å². The summed E-state index contributed by atoms with van der Waals surface area (Å²) in [6.07, 6.45) is 1.08. The number of nitrogens with two attached hydrogens (primary N) is 1. The van der Waals surface area contributed by atoms with Crippen LogP contribution < -0.4 is 15.8 Å². The third-order valence-corrected chi connectivity index (χ3v) is 4.18. The number of ether oxygens (including phenoxy) is 1. The highest BCUT2D eigenvalue weighted by atomic mass is 16.5. The molecule has 6 heteroatoms. The highest BCUT2D eigenvalue weighted by Gasteiger charge is 2.38. The monoisotopic (exact) mass is 291 g/mol. The molecule has 1 heterocycles. The number of nitrogens with zero attached hydrogens (tertiary/aromatic N) is 1. The van der Waals surface area contributed by atoms with Crippen molar-refractivity contribution < 1.29 is 14.7 Å². The molecule has 4 N–H and O–H groups in total. The van der Waals surface area contributed by atoms with Crippen LogP contribution in [0, 0.1) is 0 Å². The van der Waals surface area contributed by atoms with Crippen LogP contribution in [0.2, 0.25) is 0 Å². The van der Waals surface area contributed by atoms with Crippen molar-refractivity contribution in [3.63, 3.8) is 0 Å². The number of nitrogens with one attached hydrogen (secondary N) is 1. The van der Waals surface area contributed by atoms with Crippen molar-refractivity contribution in [2.75, 3.05) is 6.61 Å². The fourth-order valence-electron chi connectivity index (χ4n) is 2.65. The highest BCUT2D eigenvalue weighted by molar-refractivity contribution is 5.96. The quantitative estimate of drug-likeness (QED) is 0.332. The normalized spacial score (nSPS) is 18.0. The number of fused-ring (bicyclic) bond motifs is 1. The fraction of sp³-hybridized carbons (Fsp3) is 0.467. The maximum absolute atomic E-state index is 12.6. The van der Waals surface area contributed by atoms with Gasteiger partial charge in [0.15, 0.2) is 5.84 Å². The number of hydrogen-bond acceptors (Lipinski definition) is 4. The number of rotatable bonds is 5. The van der Waals surface area contributed by atoms with Gasteiger partial charge in [0.05, 0.1) is 0 Å². The van der Waals surface area contributed by atoms with Gasteiger partial charge in [-0.05, 0) is 18.9 Å². The molecule has 0 bridgehead atoms. The van der Waals surface area contributed by atoms with E-state index in [2.05, 4.69) is 10.5 Å². The molecule has 1 amide bonds. The largest absolute Gasteiger partial charge is 0.492 e. The van der Waals surface area contributed by atoms with Crippen LogP contribution in [0.15, 0.2) is 29.4 Å². The first-order valence-corrected chi connectivity index (χ1v) is 7.09. The Morgan fingerprint density at radius 1 is 1.48 bits per heavy atom. The van der Waals surface area contributed by atoms with Gasteiger partial charge in [-0.3, -0.25) is 4.79 Å². The number of amidine groups is 1. The number of carbonyl (C=O) groups excluding carboxylic acids is 1. The maximum atomic E-state index is 12.6. The molecule has 1 aliphatic heterocycles. The number of para-hydroxylation sites is 1. The maximum Gasteiger partial charge on any atom is 0.231 e. The first kappa shape index (κ1) is 15.2. The van der Waals surface area contributed by atoms with E-state index in [1.165, 1.54) is 0 Å². The molecule has 0 radical (unpaired) electrons. The molecule has 2 rings (SSSR count). The Bertz CT molecular complexity index is 553. The summed E-state index contributed by atoms with van der Waals surface area (Å²) in [5, 5.41) is 15.0. The Labute approximate surface area is 124 Å². The summed E-state index contributed by atoms with van der Waals surface area (Å²) in [5.41, 5.74) is 5.81. The molecule has 0 saturated carbocycles. The van der Waals surface area contributed by atoms with Crippen LogP contribution in [-0.2, 0) is 4.79 Å². The topological polar surface area (TPSA) is 96.9 Å². The molecule has 0 aromatic heterocycles. The van der Waals surface area contributed by atoms with E-state index < -0.39 is 5.54 Å². The van der Waals surface area contributed by atoms with E-state index in [1.807, 2.05) is 38.1 Å². The van der Waals surface area contributed by atoms with Crippen LogP contribution >= 0.6 is 0 Å². The van der Waals surface area contributed by atoms with Crippen molar-refractivity contribution in [2.45, 2.75) is 38.1 Å². The van der Waals surface area contributed by atoms with E-state index in [1.54, 1.807) is 0 Å². The van der Waals surface area contributed by atoms with Crippen molar-refractivity contribution in [3.05, 3.63) is 29.8 Å². The van der Waals surface area contributed by atoms with Crippen LogP contribution in [0.5, 0.6) is 5.75 Å². The molecule has 1 aliphatic rings. The van der Waals surface area contributed by atoms with Gasteiger partial charge in [-0.15, -0.1) is 0 Å². The lowest BCUT2D eigenvalue weighted by atomic mass is 9.89. The molecular formula is C15H21N3O3. The Morgan fingerprint density at radius 3 is 2.76 bits per heavy atom. The molecular weight excluding hydrogens is 270 g/mol. The van der Waals surface area contributed by atoms with E-state index >= 15 is 0 Å². The number of carbonyl (C=O) groups is 1. The molecule has 0 spiro atoms. The van der Waals surface area contributed by atoms with E-state index in [-0.39, 0.29) is 17.7 Å². The smallest absolute Gasteiger partial charge is 0.231 e. The van der Waals surface area contributed by atoms with Gasteiger partial charge in [0, 0.05) is 5.56 Å². The number of oxime groups is 1. The summed E-state index contributed by atoms with van der Waals surface area (Å²) in [6.45, 7) is 4.09. The lowest BCUT2D eigenvalue weighted by Gasteiger charge is -2.32. The minimum absolute atomic E-state index is 0.0213. The van der Waals surface area contributed by atoms with Gasteiger partial charge in [-0.25, -0.2) is 0 Å². The van der Waals surface area contributed by atoms with Gasteiger partial charge >= 0.3 is 0 Å². The Balaban J connectivity index is 2.22. The van der Waals surface area contributed by atoms with Crippen LogP contribution in [0.1, 0.15) is 38.2 Å². The second kappa shape index (κ2) is 6.03. The zero-order valence-electron chi connectivity index (χ0n) is 12.3. The number of amides is 1. The molecule has 6 nitrogen and oxygen atoms in total. The summed E-state index contributed by atoms with van der Waals surface area (Å²) in [6, 6.07) is 7.48. The zero-order chi connectivity index (χ0) is 15.5. The first-order chi connectivity index (χ1) is 10.1. The summed E-state index contributed by atoms with van der Waals surface area (Å²) in [5.74, 6) is 0.216. The molecule has 0 fully saturated rings. The Kier molecular flexibility index (Phi) is 4.35. The van der Waals surface area contributed by atoms with E-state index in [0.717, 1.165) is 11.3 Å². The van der Waals surface area contributed by atoms with E-state index in [4.69, 9.17) is 15.7 Å². The number of hydrogen-bond donors (Lipinski definition) is 3. The minimum Gasteiger partial charge on any atom is -0.492 e. The third kappa shape index (κ3) is 2.66. The van der Waals surface area contributed by atoms with Gasteiger partial charge in [0.25, 0.3) is 0 Å². The summed E-state index contributed by atoms with van der Waals surface area (Å²) >= 11 is 0. The van der Waals surface area contributed by atoms with Gasteiger partial charge in [0.1, 0.15) is 23.8 Å². The summed E-state index contributed by atoms with van der Waals surface area (Å²) in [4.78, 5) is 12.6. The summed E-state index contributed by atoms with van der Waals surface area (Å²) < 4.78 is 5.53. The zero-order valence-corrected chi connectivity index (χ0v) is 12.3. The second-order valence-corrected chi connectivity index (χ2v) is 5.17. The molecule has 21 heavy (non-hydrogen) atoms. The third-order valence-electron chi connectivity index (χ3n) is 4.18. The van der Waals surface area contributed by atoms with Crippen molar-refractivity contribution in [1.82, 2.24) is 5.32 Å². The van der Waals surface area contributed by atoms with E-state index in [9.17, 15) is 4.79 Å². The van der Waals surface area contributed by atoms with Crippen LogP contribution in [0.25, 0.3) is 0 Å². The molecule has 114 valence electrons. The highest BCUT2D eigenvalue weighted by Crippen LogP contribution is 2.34. The average Bonchev–Trinajstić information content (AvgIpc) is 2.96. The fourth-order valence-corrected chi connectivity index (χ4v) is 2.65. The van der Waals surface area contributed by atoms with Crippen molar-refractivity contribution >= 4 is 11.7 Å². The lowest BCUT2D eigenvalue weighted by Crippen LogP contribution is -2.57. The molecule has 1 aromatic carbocycles. The van der Waals surface area contributed by atoms with Gasteiger partial charge < -0.3 is 21.0 Å². The summed E-state index contributed by atoms with van der Waals surface area (Å²) in [7, 11) is 0. The average molecular weight is 291 g/mol. The number of benzene rings is 1. The van der Waals surface area contributed by atoms with Gasteiger partial charge in [0.2, 0.25) is 5.91 Å². The van der Waals surface area contributed by atoms with Gasteiger partial charge in [-0.1, -0.05) is 37.2 Å². The van der Waals surface area contributed by atoms with E-state index in [0.29, 0.717) is 19.4 Å². The predicted octanol–water partition coefficient (Wildman–Crippen LogP) is 1.58. The van der Waals surface area contributed by atoms with Crippen LogP contribution in [0.3, 0.4) is 0 Å². The van der Waals surface area contributed by atoms with Crippen molar-refractivity contribution in [2.24, 2.45) is 10.9 Å². The molecule has 0 saturated heterocycles. The molecule has 1 atom stereocenters. The van der Waals surface area contributed by atoms with Gasteiger partial charge in [-0.2, -0.15) is 0 Å². The SMILES string of the molecule is CCC(CC)(NC(=O)C1COc2ccccc21)C(N)=NO. The molecule has 1 unspecified atom stereocenters. The lowest BCUT2D eigenvalue weighted by molar-refractivity contribution is -0.124. The second-order valence-electron chi connectivity index (χ2n) is 5.17. The van der Waals surface area contributed by atoms with Crippen molar-refractivity contribution in [1.29, 1.82) is 0 Å². The van der Waals surface area contributed by atoms with Crippen molar-refractivity contribution in [3.8, 4) is 5.75 Å². The molecule has 1 aromatic rings. The Hall–Kier alpha value is -2.24. The van der Waals surface area contributed by atoms with Crippen LogP contribution in [0.4, 0.5) is 0 Å². The first-order valence-electron chi connectivity index (χ1n) is 7.09.